The summed E-state index contributed by atoms with van der Waals surface area (Å²) in [6.45, 7) is 12.7. The van der Waals surface area contributed by atoms with Gasteiger partial charge >= 0.3 is 11.9 Å². The molecule has 104 valence electrons. The first kappa shape index (κ1) is 18.8. The highest BCUT2D eigenvalue weighted by Crippen LogP contribution is 2.07. The third-order valence-electron chi connectivity index (χ3n) is 2.09. The summed E-state index contributed by atoms with van der Waals surface area (Å²) < 4.78 is 0. The van der Waals surface area contributed by atoms with E-state index in [2.05, 4.69) is 13.2 Å². The number of carboxylic acids is 2. The number of unbranched alkanes of at least 4 members (excludes halogenated alkanes) is 1. The molecule has 0 aromatic carbocycles. The lowest BCUT2D eigenvalue weighted by Crippen LogP contribution is -2.01. The molecule has 2 N–H and O–H groups in total. The second-order valence-corrected chi connectivity index (χ2v) is 4.52. The summed E-state index contributed by atoms with van der Waals surface area (Å²) in [7, 11) is 0. The van der Waals surface area contributed by atoms with Gasteiger partial charge in [-0.05, 0) is 25.2 Å². The molecule has 0 aliphatic carbocycles. The van der Waals surface area contributed by atoms with Crippen LogP contribution in [0.1, 0.15) is 46.5 Å². The van der Waals surface area contributed by atoms with Crippen molar-refractivity contribution in [2.75, 3.05) is 0 Å². The van der Waals surface area contributed by atoms with Crippen LogP contribution in [0.25, 0.3) is 0 Å². The van der Waals surface area contributed by atoms with Crippen LogP contribution in [0, 0.1) is 5.92 Å². The monoisotopic (exact) mass is 256 g/mol. The third-order valence-corrected chi connectivity index (χ3v) is 2.09. The summed E-state index contributed by atoms with van der Waals surface area (Å²) in [5, 5.41) is 16.6. The lowest BCUT2D eigenvalue weighted by atomic mass is 10.1. The summed E-state index contributed by atoms with van der Waals surface area (Å²) in [5.74, 6) is -1.37. The molecule has 0 aliphatic heterocycles. The first-order valence-corrected chi connectivity index (χ1v) is 6.04. The SMILES string of the molecule is C=C(CC(C)C)C(=O)O.C=C(CCCC)C(=O)O. The second-order valence-electron chi connectivity index (χ2n) is 4.52. The molecular weight excluding hydrogens is 232 g/mol. The van der Waals surface area contributed by atoms with Crippen molar-refractivity contribution in [2.45, 2.75) is 46.5 Å². The van der Waals surface area contributed by atoms with Gasteiger partial charge < -0.3 is 10.2 Å². The number of hydrogen-bond acceptors (Lipinski definition) is 2. The normalized spacial score (nSPS) is 9.33. The molecule has 0 spiro atoms. The Hall–Kier alpha value is -1.58. The van der Waals surface area contributed by atoms with Crippen molar-refractivity contribution in [1.82, 2.24) is 0 Å². The van der Waals surface area contributed by atoms with Crippen molar-refractivity contribution in [3.63, 3.8) is 0 Å². The number of carboxylic acid groups (broad SMARTS) is 2. The van der Waals surface area contributed by atoms with Crippen molar-refractivity contribution in [2.24, 2.45) is 5.92 Å². The fourth-order valence-corrected chi connectivity index (χ4v) is 1.08. The Morgan fingerprint density at radius 3 is 1.72 bits per heavy atom. The highest BCUT2D eigenvalue weighted by atomic mass is 16.4. The zero-order valence-corrected chi connectivity index (χ0v) is 11.5. The van der Waals surface area contributed by atoms with E-state index in [9.17, 15) is 9.59 Å². The molecule has 4 nitrogen and oxygen atoms in total. The van der Waals surface area contributed by atoms with Crippen LogP contribution in [-0.2, 0) is 9.59 Å². The van der Waals surface area contributed by atoms with Crippen molar-refractivity contribution in [3.8, 4) is 0 Å². The molecule has 0 rings (SSSR count). The summed E-state index contributed by atoms with van der Waals surface area (Å²) in [6.07, 6.45) is 3.14. The predicted octanol–water partition coefficient (Wildman–Crippen LogP) is 3.49. The summed E-state index contributed by atoms with van der Waals surface area (Å²) in [5.41, 5.74) is 0.613. The average molecular weight is 256 g/mol. The van der Waals surface area contributed by atoms with Crippen LogP contribution < -0.4 is 0 Å². The Bertz CT molecular complexity index is 303. The van der Waals surface area contributed by atoms with Crippen LogP contribution in [-0.4, -0.2) is 22.2 Å². The van der Waals surface area contributed by atoms with E-state index in [0.29, 0.717) is 29.9 Å². The van der Waals surface area contributed by atoms with Crippen molar-refractivity contribution in [3.05, 3.63) is 24.3 Å². The van der Waals surface area contributed by atoms with E-state index >= 15 is 0 Å². The van der Waals surface area contributed by atoms with E-state index in [1.165, 1.54) is 0 Å². The zero-order valence-electron chi connectivity index (χ0n) is 11.5. The van der Waals surface area contributed by atoms with E-state index in [-0.39, 0.29) is 0 Å². The second kappa shape index (κ2) is 10.6. The van der Waals surface area contributed by atoms with Crippen LogP contribution in [0.2, 0.25) is 0 Å². The number of carbonyl (C=O) groups is 2. The molecule has 4 heteroatoms. The minimum atomic E-state index is -0.885. The van der Waals surface area contributed by atoms with Gasteiger partial charge in [0.1, 0.15) is 0 Å². The van der Waals surface area contributed by atoms with Gasteiger partial charge in [0.05, 0.1) is 0 Å². The molecule has 0 heterocycles. The molecule has 0 aromatic heterocycles. The van der Waals surface area contributed by atoms with Crippen LogP contribution >= 0.6 is 0 Å². The Kier molecular flexibility index (Phi) is 11.0. The fourth-order valence-electron chi connectivity index (χ4n) is 1.08. The van der Waals surface area contributed by atoms with Gasteiger partial charge in [0.2, 0.25) is 0 Å². The van der Waals surface area contributed by atoms with Crippen LogP contribution in [0.4, 0.5) is 0 Å². The topological polar surface area (TPSA) is 74.6 Å². The van der Waals surface area contributed by atoms with Gasteiger partial charge in [-0.15, -0.1) is 0 Å². The number of aliphatic carboxylic acids is 2. The van der Waals surface area contributed by atoms with Crippen LogP contribution in [0.5, 0.6) is 0 Å². The maximum absolute atomic E-state index is 10.1. The molecule has 0 saturated carbocycles. The van der Waals surface area contributed by atoms with E-state index in [1.54, 1.807) is 0 Å². The molecule has 0 saturated heterocycles. The van der Waals surface area contributed by atoms with Crippen LogP contribution in [0.3, 0.4) is 0 Å². The standard InChI is InChI=1S/2C7H12O2/c1-5(2)4-6(3)7(8)9;1-3-4-5-6(2)7(8)9/h5H,3-4H2,1-2H3,(H,8,9);2-5H2,1H3,(H,8,9). The molecule has 0 aromatic rings. The Morgan fingerprint density at radius 2 is 1.50 bits per heavy atom. The van der Waals surface area contributed by atoms with E-state index in [4.69, 9.17) is 10.2 Å². The highest BCUT2D eigenvalue weighted by molar-refractivity contribution is 5.86. The first-order chi connectivity index (χ1) is 8.22. The van der Waals surface area contributed by atoms with Gasteiger partial charge in [0, 0.05) is 11.1 Å². The molecule has 0 fully saturated rings. The molecule has 0 radical (unpaired) electrons. The summed E-state index contributed by atoms with van der Waals surface area (Å²) >= 11 is 0. The first-order valence-electron chi connectivity index (χ1n) is 6.04. The summed E-state index contributed by atoms with van der Waals surface area (Å²) in [6, 6.07) is 0. The van der Waals surface area contributed by atoms with Gasteiger partial charge in [-0.1, -0.05) is 40.3 Å². The molecule has 0 bridgehead atoms. The Morgan fingerprint density at radius 1 is 1.06 bits per heavy atom. The largest absolute Gasteiger partial charge is 0.478 e. The summed E-state index contributed by atoms with van der Waals surface area (Å²) in [4.78, 5) is 20.2. The number of hydrogen-bond donors (Lipinski definition) is 2. The van der Waals surface area contributed by atoms with Crippen molar-refractivity contribution < 1.29 is 19.8 Å². The van der Waals surface area contributed by atoms with Gasteiger partial charge in [0.15, 0.2) is 0 Å². The number of rotatable bonds is 7. The maximum Gasteiger partial charge on any atom is 0.330 e. The minimum absolute atomic E-state index is 0.296. The molecule has 0 atom stereocenters. The smallest absolute Gasteiger partial charge is 0.330 e. The predicted molar refractivity (Wildman–Crippen MR) is 72.5 cm³/mol. The minimum Gasteiger partial charge on any atom is -0.478 e. The van der Waals surface area contributed by atoms with Gasteiger partial charge in [-0.25, -0.2) is 9.59 Å². The van der Waals surface area contributed by atoms with Crippen LogP contribution in [0.15, 0.2) is 24.3 Å². The van der Waals surface area contributed by atoms with Gasteiger partial charge in [-0.3, -0.25) is 0 Å². The molecular formula is C14H24O4. The zero-order chi connectivity index (χ0) is 14.7. The fraction of sp³-hybridized carbons (Fsp3) is 0.571. The lowest BCUT2D eigenvalue weighted by molar-refractivity contribution is -0.133. The molecule has 0 unspecified atom stereocenters. The Labute approximate surface area is 109 Å². The van der Waals surface area contributed by atoms with Crippen molar-refractivity contribution >= 4 is 11.9 Å². The molecule has 18 heavy (non-hydrogen) atoms. The Balaban J connectivity index is 0. The van der Waals surface area contributed by atoms with Crippen molar-refractivity contribution in [1.29, 1.82) is 0 Å². The van der Waals surface area contributed by atoms with Gasteiger partial charge in [0.25, 0.3) is 0 Å². The van der Waals surface area contributed by atoms with E-state index < -0.39 is 11.9 Å². The molecule has 0 aliphatic rings. The molecule has 0 amide bonds. The maximum atomic E-state index is 10.1. The van der Waals surface area contributed by atoms with Gasteiger partial charge in [-0.2, -0.15) is 0 Å². The van der Waals surface area contributed by atoms with E-state index in [1.807, 2.05) is 20.8 Å². The lowest BCUT2D eigenvalue weighted by Gasteiger charge is -2.01. The third kappa shape index (κ3) is 12.5. The highest BCUT2D eigenvalue weighted by Gasteiger charge is 2.04. The van der Waals surface area contributed by atoms with E-state index in [0.717, 1.165) is 12.8 Å². The quantitative estimate of drug-likeness (QED) is 0.684. The average Bonchev–Trinajstić information content (AvgIpc) is 2.25.